The van der Waals surface area contributed by atoms with Gasteiger partial charge in [0.1, 0.15) is 0 Å². The third-order valence-electron chi connectivity index (χ3n) is 3.88. The van der Waals surface area contributed by atoms with Crippen LogP contribution in [0, 0.1) is 0 Å². The summed E-state index contributed by atoms with van der Waals surface area (Å²) in [5.74, 6) is 0. The van der Waals surface area contributed by atoms with Crippen LogP contribution in [0.15, 0.2) is 24.3 Å². The molecule has 0 aromatic heterocycles. The molecule has 0 saturated carbocycles. The summed E-state index contributed by atoms with van der Waals surface area (Å²) in [5, 5.41) is 15.0. The predicted molar refractivity (Wildman–Crippen MR) is 64.5 cm³/mol. The SMILES string of the molecule is OC1(c2ccc(Cl)cc2)C[C@H]2CC[C@@H](C1)N2. The zero-order valence-corrected chi connectivity index (χ0v) is 9.87. The van der Waals surface area contributed by atoms with E-state index in [0.29, 0.717) is 12.1 Å². The van der Waals surface area contributed by atoms with Crippen molar-refractivity contribution in [2.45, 2.75) is 43.4 Å². The van der Waals surface area contributed by atoms with Gasteiger partial charge >= 0.3 is 0 Å². The maximum Gasteiger partial charge on any atom is 0.0926 e. The molecule has 2 N–H and O–H groups in total. The summed E-state index contributed by atoms with van der Waals surface area (Å²) in [4.78, 5) is 0. The molecular weight excluding hydrogens is 222 g/mol. The molecule has 0 amide bonds. The van der Waals surface area contributed by atoms with Crippen LogP contribution in [0.3, 0.4) is 0 Å². The normalized spacial score (nSPS) is 37.6. The molecule has 0 spiro atoms. The molecule has 2 saturated heterocycles. The summed E-state index contributed by atoms with van der Waals surface area (Å²) in [6.07, 6.45) is 4.04. The summed E-state index contributed by atoms with van der Waals surface area (Å²) in [6.45, 7) is 0. The van der Waals surface area contributed by atoms with Crippen LogP contribution in [-0.2, 0) is 5.60 Å². The van der Waals surface area contributed by atoms with Crippen LogP contribution in [0.5, 0.6) is 0 Å². The van der Waals surface area contributed by atoms with Crippen LogP contribution in [0.2, 0.25) is 5.02 Å². The third-order valence-corrected chi connectivity index (χ3v) is 4.14. The fraction of sp³-hybridized carbons (Fsp3) is 0.538. The van der Waals surface area contributed by atoms with Crippen molar-refractivity contribution in [1.82, 2.24) is 5.32 Å². The van der Waals surface area contributed by atoms with E-state index in [-0.39, 0.29) is 0 Å². The molecule has 2 bridgehead atoms. The van der Waals surface area contributed by atoms with E-state index >= 15 is 0 Å². The molecule has 16 heavy (non-hydrogen) atoms. The Bertz CT molecular complexity index is 377. The second-order valence-electron chi connectivity index (χ2n) is 5.08. The lowest BCUT2D eigenvalue weighted by atomic mass is 9.81. The van der Waals surface area contributed by atoms with E-state index in [9.17, 15) is 5.11 Å². The van der Waals surface area contributed by atoms with Gasteiger partial charge in [-0.25, -0.2) is 0 Å². The smallest absolute Gasteiger partial charge is 0.0926 e. The van der Waals surface area contributed by atoms with Crippen molar-refractivity contribution in [2.75, 3.05) is 0 Å². The maximum absolute atomic E-state index is 10.7. The lowest BCUT2D eigenvalue weighted by molar-refractivity contribution is -0.0114. The van der Waals surface area contributed by atoms with E-state index in [1.165, 1.54) is 12.8 Å². The molecule has 0 aliphatic carbocycles. The minimum Gasteiger partial charge on any atom is -0.385 e. The minimum atomic E-state index is -0.651. The van der Waals surface area contributed by atoms with Crippen LogP contribution in [0.1, 0.15) is 31.2 Å². The fourth-order valence-corrected chi connectivity index (χ4v) is 3.24. The van der Waals surface area contributed by atoms with E-state index in [1.54, 1.807) is 0 Å². The molecule has 1 unspecified atom stereocenters. The second-order valence-corrected chi connectivity index (χ2v) is 5.52. The molecule has 1 aromatic carbocycles. The molecular formula is C13H16ClNO. The molecule has 2 heterocycles. The highest BCUT2D eigenvalue weighted by Gasteiger charge is 2.43. The van der Waals surface area contributed by atoms with Crippen molar-refractivity contribution >= 4 is 11.6 Å². The molecule has 2 fully saturated rings. The van der Waals surface area contributed by atoms with Gasteiger partial charge in [0.2, 0.25) is 0 Å². The molecule has 3 rings (SSSR count). The van der Waals surface area contributed by atoms with Crippen LogP contribution >= 0.6 is 11.6 Å². The molecule has 3 atom stereocenters. The Labute approximate surface area is 101 Å². The van der Waals surface area contributed by atoms with Gasteiger partial charge in [-0.3, -0.25) is 0 Å². The van der Waals surface area contributed by atoms with Crippen LogP contribution in [0.4, 0.5) is 0 Å². The first kappa shape index (κ1) is 10.6. The summed E-state index contributed by atoms with van der Waals surface area (Å²) in [6, 6.07) is 8.59. The number of piperidine rings is 1. The van der Waals surface area contributed by atoms with E-state index in [1.807, 2.05) is 24.3 Å². The van der Waals surface area contributed by atoms with Gasteiger partial charge in [0.05, 0.1) is 5.60 Å². The highest BCUT2D eigenvalue weighted by atomic mass is 35.5. The predicted octanol–water partition coefficient (Wildman–Crippen LogP) is 2.44. The Kier molecular flexibility index (Phi) is 2.46. The van der Waals surface area contributed by atoms with Gasteiger partial charge in [-0.2, -0.15) is 0 Å². The summed E-state index contributed by atoms with van der Waals surface area (Å²) < 4.78 is 0. The number of hydrogen-bond donors (Lipinski definition) is 2. The first-order chi connectivity index (χ1) is 7.66. The number of fused-ring (bicyclic) bond motifs is 2. The van der Waals surface area contributed by atoms with Crippen molar-refractivity contribution in [3.63, 3.8) is 0 Å². The lowest BCUT2D eigenvalue weighted by Crippen LogP contribution is -2.46. The number of aliphatic hydroxyl groups is 1. The largest absolute Gasteiger partial charge is 0.385 e. The zero-order valence-electron chi connectivity index (χ0n) is 9.12. The maximum atomic E-state index is 10.7. The van der Waals surface area contributed by atoms with Gasteiger partial charge in [-0.15, -0.1) is 0 Å². The number of rotatable bonds is 1. The van der Waals surface area contributed by atoms with Gasteiger partial charge in [0.25, 0.3) is 0 Å². The summed E-state index contributed by atoms with van der Waals surface area (Å²) in [5.41, 5.74) is 0.358. The molecule has 2 nitrogen and oxygen atoms in total. The molecule has 1 aromatic rings. The van der Waals surface area contributed by atoms with Gasteiger partial charge in [0.15, 0.2) is 0 Å². The Morgan fingerprint density at radius 3 is 2.25 bits per heavy atom. The highest BCUT2D eigenvalue weighted by Crippen LogP contribution is 2.40. The zero-order chi connectivity index (χ0) is 11.2. The Hall–Kier alpha value is -0.570. The summed E-state index contributed by atoms with van der Waals surface area (Å²) in [7, 11) is 0. The van der Waals surface area contributed by atoms with Crippen LogP contribution in [0.25, 0.3) is 0 Å². The van der Waals surface area contributed by atoms with Crippen molar-refractivity contribution < 1.29 is 5.11 Å². The van der Waals surface area contributed by atoms with Gasteiger partial charge in [-0.1, -0.05) is 23.7 Å². The highest BCUT2D eigenvalue weighted by molar-refractivity contribution is 6.30. The average Bonchev–Trinajstić information content (AvgIpc) is 2.59. The van der Waals surface area contributed by atoms with Crippen molar-refractivity contribution in [1.29, 1.82) is 0 Å². The topological polar surface area (TPSA) is 32.3 Å². The average molecular weight is 238 g/mol. The fourth-order valence-electron chi connectivity index (χ4n) is 3.12. The minimum absolute atomic E-state index is 0.486. The monoisotopic (exact) mass is 237 g/mol. The lowest BCUT2D eigenvalue weighted by Gasteiger charge is -2.37. The molecule has 2 aliphatic rings. The second kappa shape index (κ2) is 3.73. The Morgan fingerprint density at radius 1 is 1.12 bits per heavy atom. The molecule has 0 radical (unpaired) electrons. The number of nitrogens with one attached hydrogen (secondary N) is 1. The van der Waals surface area contributed by atoms with Crippen LogP contribution in [-0.4, -0.2) is 17.2 Å². The standard InChI is InChI=1S/C13H16ClNO/c14-10-3-1-9(2-4-10)13(16)7-11-5-6-12(8-13)15-11/h1-4,11-12,15-16H,5-8H2/t11-,12+,13?. The summed E-state index contributed by atoms with van der Waals surface area (Å²) >= 11 is 5.87. The quantitative estimate of drug-likeness (QED) is 0.787. The van der Waals surface area contributed by atoms with Gasteiger partial charge in [-0.05, 0) is 43.4 Å². The van der Waals surface area contributed by atoms with E-state index < -0.39 is 5.60 Å². The van der Waals surface area contributed by atoms with Gasteiger partial charge < -0.3 is 10.4 Å². The first-order valence-electron chi connectivity index (χ1n) is 5.90. The number of hydrogen-bond acceptors (Lipinski definition) is 2. The van der Waals surface area contributed by atoms with E-state index in [0.717, 1.165) is 23.4 Å². The number of halogens is 1. The van der Waals surface area contributed by atoms with E-state index in [2.05, 4.69) is 5.32 Å². The first-order valence-corrected chi connectivity index (χ1v) is 6.28. The third kappa shape index (κ3) is 1.75. The Balaban J connectivity index is 1.90. The molecule has 86 valence electrons. The van der Waals surface area contributed by atoms with E-state index in [4.69, 9.17) is 11.6 Å². The molecule has 3 heteroatoms. The number of benzene rings is 1. The Morgan fingerprint density at radius 2 is 1.69 bits per heavy atom. The van der Waals surface area contributed by atoms with Crippen molar-refractivity contribution in [2.24, 2.45) is 0 Å². The van der Waals surface area contributed by atoms with Crippen LogP contribution < -0.4 is 5.32 Å². The molecule has 2 aliphatic heterocycles. The van der Waals surface area contributed by atoms with Crippen molar-refractivity contribution in [3.8, 4) is 0 Å². The van der Waals surface area contributed by atoms with Crippen molar-refractivity contribution in [3.05, 3.63) is 34.9 Å². The van der Waals surface area contributed by atoms with Gasteiger partial charge in [0, 0.05) is 17.1 Å².